The summed E-state index contributed by atoms with van der Waals surface area (Å²) in [6, 6.07) is 13.4. The van der Waals surface area contributed by atoms with Gasteiger partial charge in [0.1, 0.15) is 16.1 Å². The van der Waals surface area contributed by atoms with E-state index in [9.17, 15) is 13.2 Å². The fraction of sp³-hybridized carbons (Fsp3) is 0.174. The number of amides is 1. The molecule has 0 bridgehead atoms. The molecule has 1 amide bonds. The molecule has 176 valence electrons. The number of nitrogens with one attached hydrogen (secondary N) is 1. The molecular weight excluding hydrogens is 517 g/mol. The Bertz CT molecular complexity index is 1500. The number of carbonyl (C=O) groups is 1. The molecule has 3 aromatic heterocycles. The zero-order valence-electron chi connectivity index (χ0n) is 18.3. The standard InChI is InChI=1S/C23H19Cl2N3O4S2/c1-23(2,34(3,30)31)14-4-6-17-13(8-14)9-18(33-17)22(29)27-15-10-20(25)28-21(11-15)32-16-5-7-19(24)26-12-16/h4-12H,1-3H3,(H,27,28,29). The molecule has 1 aromatic carbocycles. The predicted octanol–water partition coefficient (Wildman–Crippen LogP) is 6.32. The van der Waals surface area contributed by atoms with Crippen LogP contribution in [-0.2, 0) is 14.6 Å². The highest BCUT2D eigenvalue weighted by molar-refractivity contribution is 7.91. The lowest BCUT2D eigenvalue weighted by Gasteiger charge is -2.23. The number of carbonyl (C=O) groups excluding carboxylic acids is 1. The largest absolute Gasteiger partial charge is 0.437 e. The fourth-order valence-electron chi connectivity index (χ4n) is 3.08. The van der Waals surface area contributed by atoms with Crippen LogP contribution in [0.1, 0.15) is 29.1 Å². The van der Waals surface area contributed by atoms with Gasteiger partial charge in [0.05, 0.1) is 15.8 Å². The van der Waals surface area contributed by atoms with Crippen molar-refractivity contribution in [2.24, 2.45) is 0 Å². The highest BCUT2D eigenvalue weighted by atomic mass is 35.5. The maximum absolute atomic E-state index is 12.9. The second-order valence-electron chi connectivity index (χ2n) is 8.04. The second-order valence-corrected chi connectivity index (χ2v) is 12.5. The van der Waals surface area contributed by atoms with Gasteiger partial charge in [-0.25, -0.2) is 18.4 Å². The summed E-state index contributed by atoms with van der Waals surface area (Å²) in [4.78, 5) is 21.4. The minimum atomic E-state index is -3.32. The molecule has 4 aromatic rings. The number of pyridine rings is 2. The van der Waals surface area contributed by atoms with Gasteiger partial charge in [0.2, 0.25) is 5.88 Å². The van der Waals surface area contributed by atoms with E-state index in [0.717, 1.165) is 10.1 Å². The highest BCUT2D eigenvalue weighted by Crippen LogP contribution is 2.34. The minimum absolute atomic E-state index is 0.138. The molecular formula is C23H19Cl2N3O4S2. The number of thiophene rings is 1. The summed E-state index contributed by atoms with van der Waals surface area (Å²) in [5, 5.41) is 4.05. The van der Waals surface area contributed by atoms with Crippen molar-refractivity contribution >= 4 is 66.1 Å². The number of hydrogen-bond acceptors (Lipinski definition) is 7. The van der Waals surface area contributed by atoms with Crippen molar-refractivity contribution in [3.8, 4) is 11.6 Å². The predicted molar refractivity (Wildman–Crippen MR) is 136 cm³/mol. The lowest BCUT2D eigenvalue weighted by Crippen LogP contribution is -2.27. The Labute approximate surface area is 210 Å². The highest BCUT2D eigenvalue weighted by Gasteiger charge is 2.32. The number of rotatable bonds is 6. The minimum Gasteiger partial charge on any atom is -0.437 e. The topological polar surface area (TPSA) is 98.2 Å². The van der Waals surface area contributed by atoms with Crippen LogP contribution in [-0.4, -0.2) is 30.5 Å². The molecule has 34 heavy (non-hydrogen) atoms. The number of nitrogens with zero attached hydrogens (tertiary/aromatic N) is 2. The van der Waals surface area contributed by atoms with Crippen LogP contribution in [0.4, 0.5) is 5.69 Å². The van der Waals surface area contributed by atoms with Crippen molar-refractivity contribution < 1.29 is 17.9 Å². The fourth-order valence-corrected chi connectivity index (χ4v) is 4.88. The van der Waals surface area contributed by atoms with E-state index < -0.39 is 14.6 Å². The Hall–Kier alpha value is -2.72. The smallest absolute Gasteiger partial charge is 0.265 e. The molecule has 0 fully saturated rings. The molecule has 0 saturated heterocycles. The van der Waals surface area contributed by atoms with Crippen molar-refractivity contribution in [2.75, 3.05) is 11.6 Å². The molecule has 0 spiro atoms. The third-order valence-electron chi connectivity index (χ3n) is 5.31. The lowest BCUT2D eigenvalue weighted by atomic mass is 10.0. The van der Waals surface area contributed by atoms with Crippen molar-refractivity contribution in [3.63, 3.8) is 0 Å². The van der Waals surface area contributed by atoms with Gasteiger partial charge in [-0.15, -0.1) is 11.3 Å². The summed E-state index contributed by atoms with van der Waals surface area (Å²) in [6.07, 6.45) is 2.66. The quantitative estimate of drug-likeness (QED) is 0.290. The van der Waals surface area contributed by atoms with Crippen molar-refractivity contribution in [3.05, 3.63) is 75.5 Å². The van der Waals surface area contributed by atoms with Crippen molar-refractivity contribution in [1.82, 2.24) is 9.97 Å². The number of ether oxygens (including phenoxy) is 1. The molecule has 3 heterocycles. The Morgan fingerprint density at radius 3 is 2.50 bits per heavy atom. The molecule has 0 unspecified atom stereocenters. The Morgan fingerprint density at radius 1 is 1.06 bits per heavy atom. The van der Waals surface area contributed by atoms with Crippen molar-refractivity contribution in [1.29, 1.82) is 0 Å². The van der Waals surface area contributed by atoms with Gasteiger partial charge >= 0.3 is 0 Å². The van der Waals surface area contributed by atoms with Crippen LogP contribution < -0.4 is 10.1 Å². The summed E-state index contributed by atoms with van der Waals surface area (Å²) < 4.78 is 29.9. The lowest BCUT2D eigenvalue weighted by molar-refractivity contribution is 0.103. The van der Waals surface area contributed by atoms with E-state index in [4.69, 9.17) is 27.9 Å². The summed E-state index contributed by atoms with van der Waals surface area (Å²) >= 11 is 13.2. The molecule has 0 atom stereocenters. The van der Waals surface area contributed by atoms with Gasteiger partial charge in [0.25, 0.3) is 5.91 Å². The number of fused-ring (bicyclic) bond motifs is 1. The van der Waals surface area contributed by atoms with Crippen LogP contribution in [0.15, 0.2) is 54.7 Å². The number of sulfone groups is 1. The van der Waals surface area contributed by atoms with Crippen LogP contribution in [0.3, 0.4) is 0 Å². The maximum atomic E-state index is 12.9. The maximum Gasteiger partial charge on any atom is 0.265 e. The molecule has 0 aliphatic rings. The van der Waals surface area contributed by atoms with E-state index in [1.165, 1.54) is 29.9 Å². The van der Waals surface area contributed by atoms with Crippen LogP contribution >= 0.6 is 34.5 Å². The van der Waals surface area contributed by atoms with E-state index in [0.29, 0.717) is 27.0 Å². The third kappa shape index (κ3) is 5.17. The Balaban J connectivity index is 1.57. The van der Waals surface area contributed by atoms with Gasteiger partial charge in [-0.2, -0.15) is 0 Å². The normalized spacial score (nSPS) is 12.0. The van der Waals surface area contributed by atoms with E-state index in [1.54, 1.807) is 50.2 Å². The van der Waals surface area contributed by atoms with Gasteiger partial charge in [-0.05, 0) is 61.2 Å². The SMILES string of the molecule is CC(C)(c1ccc2sc(C(=O)Nc3cc(Cl)nc(Oc4ccc(Cl)nc4)c3)cc2c1)S(C)(=O)=O. The number of anilines is 1. The zero-order chi connectivity index (χ0) is 24.7. The third-order valence-corrected chi connectivity index (χ3v) is 8.94. The van der Waals surface area contributed by atoms with Crippen LogP contribution in [0.25, 0.3) is 10.1 Å². The van der Waals surface area contributed by atoms with Crippen LogP contribution in [0, 0.1) is 0 Å². The molecule has 1 N–H and O–H groups in total. The summed E-state index contributed by atoms with van der Waals surface area (Å²) in [6.45, 7) is 3.33. The van der Waals surface area contributed by atoms with Gasteiger partial charge in [-0.3, -0.25) is 4.79 Å². The summed E-state index contributed by atoms with van der Waals surface area (Å²) in [7, 11) is -3.32. The Kier molecular flexibility index (Phi) is 6.56. The first-order valence-electron chi connectivity index (χ1n) is 9.94. The van der Waals surface area contributed by atoms with Gasteiger partial charge in [0.15, 0.2) is 9.84 Å². The number of aromatic nitrogens is 2. The van der Waals surface area contributed by atoms with Gasteiger partial charge in [-0.1, -0.05) is 29.3 Å². The average Bonchev–Trinajstić information content (AvgIpc) is 3.18. The summed E-state index contributed by atoms with van der Waals surface area (Å²) in [5.74, 6) is 0.246. The van der Waals surface area contributed by atoms with E-state index >= 15 is 0 Å². The molecule has 4 rings (SSSR count). The molecule has 0 aliphatic heterocycles. The molecule has 0 aliphatic carbocycles. The number of hydrogen-bond donors (Lipinski definition) is 1. The first-order chi connectivity index (χ1) is 15.9. The summed E-state index contributed by atoms with van der Waals surface area (Å²) in [5.41, 5.74) is 1.06. The first-order valence-corrected chi connectivity index (χ1v) is 13.4. The van der Waals surface area contributed by atoms with Gasteiger partial charge < -0.3 is 10.1 Å². The molecule has 0 saturated carbocycles. The van der Waals surface area contributed by atoms with Crippen LogP contribution in [0.2, 0.25) is 10.3 Å². The zero-order valence-corrected chi connectivity index (χ0v) is 21.4. The Morgan fingerprint density at radius 2 is 1.82 bits per heavy atom. The van der Waals surface area contributed by atoms with E-state index in [-0.39, 0.29) is 16.9 Å². The molecule has 11 heteroatoms. The first kappa shape index (κ1) is 24.4. The number of halogens is 2. The number of benzene rings is 1. The van der Waals surface area contributed by atoms with Gasteiger partial charge in [0, 0.05) is 22.7 Å². The second kappa shape index (κ2) is 9.14. The average molecular weight is 536 g/mol. The van der Waals surface area contributed by atoms with E-state index in [2.05, 4.69) is 15.3 Å². The molecule has 0 radical (unpaired) electrons. The van der Waals surface area contributed by atoms with Crippen LogP contribution in [0.5, 0.6) is 11.6 Å². The monoisotopic (exact) mass is 535 g/mol. The van der Waals surface area contributed by atoms with Crippen molar-refractivity contribution in [2.45, 2.75) is 18.6 Å². The van der Waals surface area contributed by atoms with E-state index in [1.807, 2.05) is 6.07 Å². The molecule has 7 nitrogen and oxygen atoms in total.